The van der Waals surface area contributed by atoms with Crippen molar-refractivity contribution in [1.82, 2.24) is 15.3 Å². The summed E-state index contributed by atoms with van der Waals surface area (Å²) in [5.74, 6) is -5.98. The molecule has 0 unspecified atom stereocenters. The number of halogens is 3. The lowest BCUT2D eigenvalue weighted by Crippen LogP contribution is -2.55. The molecule has 0 spiro atoms. The van der Waals surface area contributed by atoms with Crippen LogP contribution in [-0.2, 0) is 24.0 Å². The highest BCUT2D eigenvalue weighted by Crippen LogP contribution is 2.40. The Morgan fingerprint density at radius 1 is 0.923 bits per heavy atom. The topological polar surface area (TPSA) is 108 Å². The molecule has 2 heterocycles. The summed E-state index contributed by atoms with van der Waals surface area (Å²) in [5, 5.41) is 0. The standard InChI is InChI=1S/C26H33F3N4O6/c1-25(38-24(37)33-11-5-6-12-33)10-9-19(20(17-25)21(34)30-39-23(36)26(27,28)29)22(35)32-15-13-31(14-16-32)18-7-3-2-4-8-18/h2-4,7-8,19-20H,5-6,9-17H2,1H3,(H,30,34)/t19-,20-,25+/m0/s1. The van der Waals surface area contributed by atoms with Gasteiger partial charge in [0.25, 0.3) is 5.91 Å². The van der Waals surface area contributed by atoms with Gasteiger partial charge in [0.2, 0.25) is 5.91 Å². The first kappa shape index (κ1) is 28.5. The molecule has 3 atom stereocenters. The molecule has 2 aliphatic heterocycles. The first-order chi connectivity index (χ1) is 18.5. The highest BCUT2D eigenvalue weighted by molar-refractivity contribution is 5.89. The summed E-state index contributed by atoms with van der Waals surface area (Å²) >= 11 is 0. The van der Waals surface area contributed by atoms with E-state index in [0.717, 1.165) is 18.5 Å². The predicted molar refractivity (Wildman–Crippen MR) is 132 cm³/mol. The Hall–Kier alpha value is -3.51. The molecule has 1 aromatic carbocycles. The van der Waals surface area contributed by atoms with Gasteiger partial charge in [-0.05, 0) is 51.2 Å². The van der Waals surface area contributed by atoms with E-state index >= 15 is 0 Å². The molecule has 3 aliphatic rings. The molecule has 0 radical (unpaired) electrons. The van der Waals surface area contributed by atoms with E-state index < -0.39 is 41.6 Å². The highest BCUT2D eigenvalue weighted by atomic mass is 19.4. The van der Waals surface area contributed by atoms with Crippen LogP contribution in [0.25, 0.3) is 0 Å². The number of nitrogens with zero attached hydrogens (tertiary/aromatic N) is 3. The fraction of sp³-hybridized carbons (Fsp3) is 0.615. The number of ether oxygens (including phenoxy) is 1. The minimum absolute atomic E-state index is 0.109. The Morgan fingerprint density at radius 2 is 1.56 bits per heavy atom. The van der Waals surface area contributed by atoms with Crippen LogP contribution in [0.3, 0.4) is 0 Å². The molecule has 13 heteroatoms. The number of hydrogen-bond donors (Lipinski definition) is 1. The molecule has 1 aromatic rings. The lowest BCUT2D eigenvalue weighted by Gasteiger charge is -2.43. The summed E-state index contributed by atoms with van der Waals surface area (Å²) in [6.07, 6.45) is -3.76. The van der Waals surface area contributed by atoms with Crippen molar-refractivity contribution in [2.75, 3.05) is 44.2 Å². The third-order valence-electron chi connectivity index (χ3n) is 7.66. The smallest absolute Gasteiger partial charge is 0.443 e. The Kier molecular flexibility index (Phi) is 8.55. The zero-order valence-corrected chi connectivity index (χ0v) is 21.7. The number of hydrogen-bond acceptors (Lipinski definition) is 7. The van der Waals surface area contributed by atoms with E-state index in [1.165, 1.54) is 0 Å². The second-order valence-corrected chi connectivity index (χ2v) is 10.5. The molecule has 10 nitrogen and oxygen atoms in total. The summed E-state index contributed by atoms with van der Waals surface area (Å²) < 4.78 is 43.6. The monoisotopic (exact) mass is 554 g/mol. The maximum Gasteiger partial charge on any atom is 0.493 e. The molecule has 3 fully saturated rings. The van der Waals surface area contributed by atoms with Crippen molar-refractivity contribution in [1.29, 1.82) is 0 Å². The van der Waals surface area contributed by atoms with E-state index in [2.05, 4.69) is 9.74 Å². The number of hydroxylamine groups is 1. The van der Waals surface area contributed by atoms with Crippen LogP contribution in [-0.4, -0.2) is 84.7 Å². The van der Waals surface area contributed by atoms with E-state index in [1.807, 2.05) is 30.3 Å². The number of piperazine rings is 1. The van der Waals surface area contributed by atoms with Gasteiger partial charge in [0.05, 0.1) is 11.8 Å². The van der Waals surface area contributed by atoms with Gasteiger partial charge in [-0.15, -0.1) is 0 Å². The molecule has 0 aromatic heterocycles. The van der Waals surface area contributed by atoms with Crippen molar-refractivity contribution >= 4 is 29.6 Å². The number of carbonyl (C=O) groups is 4. The lowest BCUT2D eigenvalue weighted by molar-refractivity contribution is -0.208. The SMILES string of the molecule is C[C@@]1(OC(=O)N2CCCC2)CC[C@H](C(=O)N2CCN(c3ccccc3)CC2)[C@@H](C(=O)NOC(=O)C(F)(F)F)C1. The summed E-state index contributed by atoms with van der Waals surface area (Å²) in [7, 11) is 0. The average Bonchev–Trinajstić information content (AvgIpc) is 3.46. The van der Waals surface area contributed by atoms with E-state index in [-0.39, 0.29) is 18.7 Å². The molecular formula is C26H33F3N4O6. The van der Waals surface area contributed by atoms with Crippen molar-refractivity contribution in [2.24, 2.45) is 11.8 Å². The molecule has 39 heavy (non-hydrogen) atoms. The number of amides is 3. The van der Waals surface area contributed by atoms with Gasteiger partial charge in [-0.3, -0.25) is 9.59 Å². The molecule has 2 saturated heterocycles. The average molecular weight is 555 g/mol. The predicted octanol–water partition coefficient (Wildman–Crippen LogP) is 2.88. The zero-order chi connectivity index (χ0) is 28.2. The van der Waals surface area contributed by atoms with E-state index in [0.29, 0.717) is 45.7 Å². The Bertz CT molecular complexity index is 1060. The molecule has 3 amide bonds. The van der Waals surface area contributed by atoms with Crippen LogP contribution in [0.15, 0.2) is 30.3 Å². The molecule has 4 rings (SSSR count). The molecule has 1 saturated carbocycles. The number of likely N-dealkylation sites (tertiary alicyclic amines) is 1. The second-order valence-electron chi connectivity index (χ2n) is 10.5. The first-order valence-electron chi connectivity index (χ1n) is 13.1. The number of nitrogens with one attached hydrogen (secondary N) is 1. The summed E-state index contributed by atoms with van der Waals surface area (Å²) in [6, 6.07) is 9.73. The van der Waals surface area contributed by atoms with Crippen molar-refractivity contribution in [2.45, 2.75) is 50.8 Å². The summed E-state index contributed by atoms with van der Waals surface area (Å²) in [6.45, 7) is 4.72. The zero-order valence-electron chi connectivity index (χ0n) is 21.7. The van der Waals surface area contributed by atoms with Gasteiger partial charge in [-0.2, -0.15) is 18.7 Å². The summed E-state index contributed by atoms with van der Waals surface area (Å²) in [5.41, 5.74) is 1.49. The number of alkyl halides is 3. The van der Waals surface area contributed by atoms with Gasteiger partial charge in [-0.1, -0.05) is 18.2 Å². The van der Waals surface area contributed by atoms with Crippen LogP contribution in [0.4, 0.5) is 23.7 Å². The van der Waals surface area contributed by atoms with Crippen LogP contribution in [0.2, 0.25) is 0 Å². The Labute approximate surface area is 224 Å². The fourth-order valence-corrected chi connectivity index (χ4v) is 5.50. The van der Waals surface area contributed by atoms with Crippen LogP contribution in [0.5, 0.6) is 0 Å². The highest BCUT2D eigenvalue weighted by Gasteiger charge is 2.49. The molecular weight excluding hydrogens is 521 g/mol. The van der Waals surface area contributed by atoms with Gasteiger partial charge in [0.15, 0.2) is 0 Å². The van der Waals surface area contributed by atoms with Gasteiger partial charge in [0.1, 0.15) is 5.60 Å². The van der Waals surface area contributed by atoms with Gasteiger partial charge < -0.3 is 24.3 Å². The molecule has 0 bridgehead atoms. The minimum Gasteiger partial charge on any atom is -0.443 e. The minimum atomic E-state index is -5.30. The first-order valence-corrected chi connectivity index (χ1v) is 13.1. The van der Waals surface area contributed by atoms with E-state index in [4.69, 9.17) is 4.74 Å². The number of carbonyl (C=O) groups excluding carboxylic acids is 4. The lowest BCUT2D eigenvalue weighted by atomic mass is 9.71. The molecule has 1 N–H and O–H groups in total. The summed E-state index contributed by atoms with van der Waals surface area (Å²) in [4.78, 5) is 59.7. The maximum absolute atomic E-state index is 13.6. The third kappa shape index (κ3) is 6.93. The second kappa shape index (κ2) is 11.7. The largest absolute Gasteiger partial charge is 0.493 e. The Morgan fingerprint density at radius 3 is 2.18 bits per heavy atom. The van der Waals surface area contributed by atoms with Crippen molar-refractivity contribution < 1.29 is 41.9 Å². The number of rotatable bonds is 4. The molecule has 1 aliphatic carbocycles. The van der Waals surface area contributed by atoms with Crippen LogP contribution in [0, 0.1) is 11.8 Å². The number of benzene rings is 1. The Balaban J connectivity index is 1.44. The van der Waals surface area contributed by atoms with Crippen molar-refractivity contribution in [3.05, 3.63) is 30.3 Å². The van der Waals surface area contributed by atoms with Gasteiger partial charge in [-0.25, -0.2) is 9.59 Å². The van der Waals surface area contributed by atoms with Crippen molar-refractivity contribution in [3.8, 4) is 0 Å². The fourth-order valence-electron chi connectivity index (χ4n) is 5.50. The quantitative estimate of drug-likeness (QED) is 0.571. The van der Waals surface area contributed by atoms with Crippen LogP contribution >= 0.6 is 0 Å². The number of para-hydroxylation sites is 1. The maximum atomic E-state index is 13.6. The molecule has 214 valence electrons. The van der Waals surface area contributed by atoms with Crippen molar-refractivity contribution in [3.63, 3.8) is 0 Å². The van der Waals surface area contributed by atoms with Gasteiger partial charge in [0, 0.05) is 45.0 Å². The van der Waals surface area contributed by atoms with E-state index in [9.17, 15) is 32.3 Å². The number of anilines is 1. The third-order valence-corrected chi connectivity index (χ3v) is 7.66. The van der Waals surface area contributed by atoms with Crippen LogP contribution < -0.4 is 10.4 Å². The van der Waals surface area contributed by atoms with Crippen LogP contribution in [0.1, 0.15) is 39.0 Å². The van der Waals surface area contributed by atoms with E-state index in [1.54, 1.807) is 22.2 Å². The normalized spacial score (nSPS) is 25.7. The van der Waals surface area contributed by atoms with Gasteiger partial charge >= 0.3 is 18.2 Å².